The second-order valence-corrected chi connectivity index (χ2v) is 3.72. The van der Waals surface area contributed by atoms with Crippen LogP contribution in [0.15, 0.2) is 36.4 Å². The molecule has 0 aliphatic heterocycles. The lowest BCUT2D eigenvalue weighted by Gasteiger charge is -2.02. The Kier molecular flexibility index (Phi) is 3.53. The molecule has 1 nitrogen and oxygen atoms in total. The lowest BCUT2D eigenvalue weighted by atomic mass is 10.0. The van der Waals surface area contributed by atoms with Gasteiger partial charge >= 0.3 is 0 Å². The van der Waals surface area contributed by atoms with E-state index in [-0.39, 0.29) is 0 Å². The van der Waals surface area contributed by atoms with Gasteiger partial charge < -0.3 is 0 Å². The predicted molar refractivity (Wildman–Crippen MR) is 59.9 cm³/mol. The van der Waals surface area contributed by atoms with Gasteiger partial charge in [0.1, 0.15) is 7.63 Å². The molecule has 0 aromatic heterocycles. The van der Waals surface area contributed by atoms with Crippen molar-refractivity contribution in [2.24, 2.45) is 5.92 Å². The van der Waals surface area contributed by atoms with Crippen molar-refractivity contribution < 1.29 is 6.17 Å². The molecule has 74 valence electrons. The van der Waals surface area contributed by atoms with E-state index < -0.39 is 6.26 Å². The van der Waals surface area contributed by atoms with Crippen LogP contribution in [0.2, 0.25) is 0 Å². The average molecular weight is 189 g/mol. The quantitative estimate of drug-likeness (QED) is 0.524. The van der Waals surface area contributed by atoms with Crippen molar-refractivity contribution in [1.82, 2.24) is 0 Å². The number of carbonyl (C=O) groups excluding carboxylic acids is 1. The molecule has 1 aromatic carbocycles. The van der Waals surface area contributed by atoms with E-state index >= 15 is 0 Å². The van der Waals surface area contributed by atoms with Crippen LogP contribution in [-0.4, -0.2) is 6.26 Å². The number of benzene rings is 1. The zero-order chi connectivity index (χ0) is 11.3. The molecular formula is C13H16O. The minimum absolute atomic E-state index is 0.503. The van der Waals surface area contributed by atoms with Crippen molar-refractivity contribution in [3.05, 3.63) is 42.0 Å². The third kappa shape index (κ3) is 3.17. The summed E-state index contributed by atoms with van der Waals surface area (Å²) < 4.78 is 7.21. The van der Waals surface area contributed by atoms with E-state index in [1.165, 1.54) is 0 Å². The largest absolute Gasteiger partial charge is 0.298 e. The van der Waals surface area contributed by atoms with Crippen LogP contribution in [0.1, 0.15) is 27.2 Å². The second-order valence-electron chi connectivity index (χ2n) is 3.72. The minimum atomic E-state index is -0.609. The smallest absolute Gasteiger partial charge is 0.150 e. The predicted octanol–water partition coefficient (Wildman–Crippen LogP) is 3.32. The Bertz CT molecular complexity index is 352. The van der Waals surface area contributed by atoms with Gasteiger partial charge in [-0.15, -0.1) is 0 Å². The van der Waals surface area contributed by atoms with Crippen LogP contribution in [0.5, 0.6) is 0 Å². The van der Waals surface area contributed by atoms with Crippen LogP contribution in [0.4, 0.5) is 0 Å². The molecule has 0 fully saturated rings. The maximum atomic E-state index is 11.2. The number of allylic oxidation sites excluding steroid dienone is 2. The van der Waals surface area contributed by atoms with Gasteiger partial charge in [-0.1, -0.05) is 50.3 Å². The van der Waals surface area contributed by atoms with E-state index in [1.54, 1.807) is 0 Å². The highest BCUT2D eigenvalue weighted by Gasteiger charge is 1.99. The van der Waals surface area contributed by atoms with E-state index in [2.05, 4.69) is 13.8 Å². The average Bonchev–Trinajstić information content (AvgIpc) is 2.18. The monoisotopic (exact) mass is 189 g/mol. The number of hydrogen-bond donors (Lipinski definition) is 0. The summed E-state index contributed by atoms with van der Waals surface area (Å²) in [4.78, 5) is 11.2. The molecule has 0 atom stereocenters. The fourth-order valence-corrected chi connectivity index (χ4v) is 1.19. The van der Waals surface area contributed by atoms with Crippen LogP contribution < -0.4 is 0 Å². The lowest BCUT2D eigenvalue weighted by Crippen LogP contribution is -1.88. The Morgan fingerprint density at radius 2 is 2.07 bits per heavy atom. The highest BCUT2D eigenvalue weighted by atomic mass is 16.1. The van der Waals surface area contributed by atoms with E-state index in [1.807, 2.05) is 36.4 Å². The summed E-state index contributed by atoms with van der Waals surface area (Å²) in [5, 5.41) is 0. The molecule has 0 heterocycles. The molecule has 0 aliphatic rings. The van der Waals surface area contributed by atoms with Crippen molar-refractivity contribution >= 4 is 11.8 Å². The molecule has 1 aromatic rings. The SMILES string of the molecule is [2H]C(=O)/C(=C/CC(C)C)c1ccccc1. The molecule has 0 bridgehead atoms. The maximum absolute atomic E-state index is 11.2. The van der Waals surface area contributed by atoms with Crippen molar-refractivity contribution in [3.63, 3.8) is 0 Å². The molecule has 0 unspecified atom stereocenters. The van der Waals surface area contributed by atoms with Crippen LogP contribution in [0.25, 0.3) is 5.57 Å². The summed E-state index contributed by atoms with van der Waals surface area (Å²) in [6, 6.07) is 9.37. The zero-order valence-electron chi connectivity index (χ0n) is 9.66. The molecule has 14 heavy (non-hydrogen) atoms. The van der Waals surface area contributed by atoms with Crippen molar-refractivity contribution in [1.29, 1.82) is 0 Å². The van der Waals surface area contributed by atoms with Gasteiger partial charge in [0.25, 0.3) is 0 Å². The van der Waals surface area contributed by atoms with Crippen molar-refractivity contribution in [3.8, 4) is 0 Å². The molecule has 0 aliphatic carbocycles. The van der Waals surface area contributed by atoms with Crippen molar-refractivity contribution in [2.45, 2.75) is 20.3 Å². The van der Waals surface area contributed by atoms with E-state index in [0.29, 0.717) is 11.5 Å². The molecule has 0 amide bonds. The summed E-state index contributed by atoms with van der Waals surface area (Å²) >= 11 is 0. The number of aldehydes is 1. The molecule has 1 rings (SSSR count). The summed E-state index contributed by atoms with van der Waals surface area (Å²) in [5.74, 6) is 0.503. The van der Waals surface area contributed by atoms with E-state index in [9.17, 15) is 4.79 Å². The summed E-state index contributed by atoms with van der Waals surface area (Å²) in [6.07, 6.45) is 2.08. The topological polar surface area (TPSA) is 17.1 Å². The number of carbonyl (C=O) groups is 1. The fourth-order valence-electron chi connectivity index (χ4n) is 1.19. The Labute approximate surface area is 86.9 Å². The van der Waals surface area contributed by atoms with Gasteiger partial charge in [0.15, 0.2) is 0 Å². The lowest BCUT2D eigenvalue weighted by molar-refractivity contribution is -0.103. The summed E-state index contributed by atoms with van der Waals surface area (Å²) in [7, 11) is 0. The molecule has 0 N–H and O–H groups in total. The normalized spacial score (nSPS) is 12.8. The van der Waals surface area contributed by atoms with E-state index in [0.717, 1.165) is 12.0 Å². The first-order valence-corrected chi connectivity index (χ1v) is 4.87. The highest BCUT2D eigenvalue weighted by Crippen LogP contribution is 2.14. The number of hydrogen-bond acceptors (Lipinski definition) is 1. The van der Waals surface area contributed by atoms with Gasteiger partial charge in [0.2, 0.25) is 0 Å². The summed E-state index contributed by atoms with van der Waals surface area (Å²) in [5.41, 5.74) is 1.34. The number of rotatable bonds is 4. The standard InChI is InChI=1S/C13H16O/c1-11(2)8-9-13(10-14)12-6-4-3-5-7-12/h3-7,9-11H,8H2,1-2H3/b13-9-/i10D. The van der Waals surface area contributed by atoms with E-state index in [4.69, 9.17) is 1.37 Å². The zero-order valence-corrected chi connectivity index (χ0v) is 8.66. The third-order valence-corrected chi connectivity index (χ3v) is 1.99. The molecular weight excluding hydrogens is 172 g/mol. The van der Waals surface area contributed by atoms with Crippen LogP contribution in [0.3, 0.4) is 0 Å². The van der Waals surface area contributed by atoms with Crippen molar-refractivity contribution in [2.75, 3.05) is 0 Å². The van der Waals surface area contributed by atoms with Gasteiger partial charge in [0.05, 0.1) is 0 Å². The van der Waals surface area contributed by atoms with Gasteiger partial charge in [0, 0.05) is 5.57 Å². The Hall–Kier alpha value is -1.37. The van der Waals surface area contributed by atoms with Gasteiger partial charge in [-0.2, -0.15) is 0 Å². The fraction of sp³-hybridized carbons (Fsp3) is 0.308. The molecule has 0 radical (unpaired) electrons. The Balaban J connectivity index is 2.94. The second kappa shape index (κ2) is 5.38. The first-order chi connectivity index (χ1) is 7.11. The molecule has 0 saturated carbocycles. The van der Waals surface area contributed by atoms with Crippen LogP contribution in [0, 0.1) is 5.92 Å². The van der Waals surface area contributed by atoms with Gasteiger partial charge in [-0.3, -0.25) is 4.79 Å². The molecule has 0 spiro atoms. The maximum Gasteiger partial charge on any atom is 0.150 e. The Morgan fingerprint density at radius 3 is 2.57 bits per heavy atom. The summed E-state index contributed by atoms with van der Waals surface area (Å²) in [6.45, 7) is 4.18. The van der Waals surface area contributed by atoms with Crippen LogP contribution in [-0.2, 0) is 4.79 Å². The minimum Gasteiger partial charge on any atom is -0.298 e. The van der Waals surface area contributed by atoms with Gasteiger partial charge in [-0.05, 0) is 17.9 Å². The first kappa shape index (κ1) is 9.20. The molecule has 0 saturated heterocycles. The third-order valence-electron chi connectivity index (χ3n) is 1.99. The molecule has 1 heteroatoms. The van der Waals surface area contributed by atoms with Crippen LogP contribution >= 0.6 is 0 Å². The highest BCUT2D eigenvalue weighted by molar-refractivity contribution is 6.06. The van der Waals surface area contributed by atoms with Gasteiger partial charge in [-0.25, -0.2) is 0 Å². The Morgan fingerprint density at radius 1 is 1.43 bits per heavy atom. The first-order valence-electron chi connectivity index (χ1n) is 5.37.